The maximum atomic E-state index is 12.6. The van der Waals surface area contributed by atoms with E-state index in [9.17, 15) is 14.9 Å². The van der Waals surface area contributed by atoms with Crippen molar-refractivity contribution in [1.82, 2.24) is 19.9 Å². The number of nitro groups is 1. The summed E-state index contributed by atoms with van der Waals surface area (Å²) in [6, 6.07) is 23.0. The molecule has 0 bridgehead atoms. The number of non-ortho nitro benzene ring substituents is 1. The second-order valence-electron chi connectivity index (χ2n) is 8.07. The quantitative estimate of drug-likeness (QED) is 0.252. The summed E-state index contributed by atoms with van der Waals surface area (Å²) in [6.45, 7) is 0.703. The lowest BCUT2D eigenvalue weighted by atomic mass is 10.1. The number of hydrogen-bond donors (Lipinski definition) is 1. The number of carbonyl (C=O) groups excluding carboxylic acids is 1. The molecule has 9 nitrogen and oxygen atoms in total. The lowest BCUT2D eigenvalue weighted by Gasteiger charge is -2.09. The van der Waals surface area contributed by atoms with E-state index in [1.807, 2.05) is 47.0 Å². The van der Waals surface area contributed by atoms with E-state index in [2.05, 4.69) is 15.3 Å². The average Bonchev–Trinajstić information content (AvgIpc) is 3.35. The molecule has 0 unspecified atom stereocenters. The zero-order valence-corrected chi connectivity index (χ0v) is 19.1. The number of nitro benzene ring substituents is 1. The lowest BCUT2D eigenvalue weighted by molar-refractivity contribution is -0.384. The Labute approximate surface area is 206 Å². The monoisotopic (exact) mass is 479 g/mol. The van der Waals surface area contributed by atoms with Crippen LogP contribution in [0.4, 0.5) is 5.69 Å². The summed E-state index contributed by atoms with van der Waals surface area (Å²) in [5.41, 5.74) is 4.83. The van der Waals surface area contributed by atoms with Gasteiger partial charge in [0.15, 0.2) is 0 Å². The summed E-state index contributed by atoms with van der Waals surface area (Å²) in [4.78, 5) is 31.4. The molecular formula is C27H21N5O4. The van der Waals surface area contributed by atoms with Gasteiger partial charge in [0.1, 0.15) is 18.7 Å². The molecule has 0 radical (unpaired) electrons. The van der Waals surface area contributed by atoms with Crippen molar-refractivity contribution in [3.63, 3.8) is 0 Å². The van der Waals surface area contributed by atoms with Gasteiger partial charge in [-0.25, -0.2) is 4.98 Å². The van der Waals surface area contributed by atoms with E-state index in [1.165, 1.54) is 12.1 Å². The lowest BCUT2D eigenvalue weighted by Crippen LogP contribution is -2.22. The van der Waals surface area contributed by atoms with Crippen LogP contribution >= 0.6 is 0 Å². The van der Waals surface area contributed by atoms with Crippen molar-refractivity contribution in [1.29, 1.82) is 0 Å². The minimum Gasteiger partial charge on any atom is -0.489 e. The minimum absolute atomic E-state index is 0.0492. The molecule has 9 heteroatoms. The molecule has 0 atom stereocenters. The molecule has 0 spiro atoms. The third-order valence-electron chi connectivity index (χ3n) is 5.65. The molecule has 2 aromatic heterocycles. The molecule has 5 aromatic rings. The van der Waals surface area contributed by atoms with Gasteiger partial charge >= 0.3 is 0 Å². The second kappa shape index (κ2) is 10.1. The zero-order valence-electron chi connectivity index (χ0n) is 19.1. The van der Waals surface area contributed by atoms with Crippen LogP contribution in [-0.4, -0.2) is 25.4 Å². The number of pyridine rings is 1. The number of amides is 1. The largest absolute Gasteiger partial charge is 0.489 e. The Morgan fingerprint density at radius 3 is 2.53 bits per heavy atom. The van der Waals surface area contributed by atoms with Gasteiger partial charge in [-0.2, -0.15) is 0 Å². The number of ether oxygens (including phenoxy) is 1. The number of nitrogens with one attached hydrogen (secondary N) is 1. The summed E-state index contributed by atoms with van der Waals surface area (Å²) in [5.74, 6) is 0.499. The molecular weight excluding hydrogens is 458 g/mol. The summed E-state index contributed by atoms with van der Waals surface area (Å²) in [6.07, 6.45) is 5.13. The van der Waals surface area contributed by atoms with Crippen molar-refractivity contribution in [3.05, 3.63) is 124 Å². The van der Waals surface area contributed by atoms with E-state index < -0.39 is 4.92 Å². The molecule has 178 valence electrons. The van der Waals surface area contributed by atoms with Gasteiger partial charge in [0.25, 0.3) is 11.6 Å². The number of imidazole rings is 1. The van der Waals surface area contributed by atoms with Crippen molar-refractivity contribution < 1.29 is 14.5 Å². The minimum atomic E-state index is -0.428. The summed E-state index contributed by atoms with van der Waals surface area (Å²) in [5, 5.41) is 13.7. The Morgan fingerprint density at radius 2 is 1.81 bits per heavy atom. The van der Waals surface area contributed by atoms with Crippen LogP contribution in [0.3, 0.4) is 0 Å². The summed E-state index contributed by atoms with van der Waals surface area (Å²) in [7, 11) is 0. The highest BCUT2D eigenvalue weighted by molar-refractivity contribution is 5.97. The highest BCUT2D eigenvalue weighted by Crippen LogP contribution is 2.22. The maximum absolute atomic E-state index is 12.6. The fraction of sp³-hybridized carbons (Fsp3) is 0.0741. The molecule has 0 fully saturated rings. The predicted octanol–water partition coefficient (Wildman–Crippen LogP) is 4.84. The van der Waals surface area contributed by atoms with Crippen molar-refractivity contribution >= 4 is 22.6 Å². The normalized spacial score (nSPS) is 10.8. The Morgan fingerprint density at radius 1 is 1.00 bits per heavy atom. The first-order valence-corrected chi connectivity index (χ1v) is 11.2. The maximum Gasteiger partial charge on any atom is 0.269 e. The van der Waals surface area contributed by atoms with Gasteiger partial charge in [0, 0.05) is 42.3 Å². The van der Waals surface area contributed by atoms with E-state index in [4.69, 9.17) is 4.74 Å². The Bertz CT molecular complexity index is 1510. The number of hydrogen-bond acceptors (Lipinski definition) is 6. The number of rotatable bonds is 8. The Balaban J connectivity index is 1.24. The molecule has 1 N–H and O–H groups in total. The molecule has 0 aliphatic rings. The SMILES string of the molecule is O=C(NCc1cccnc1)c1ccc2c(c1)ncn2-c1ccc(OCc2ccc([N+](=O)[O-])cc2)cc1. The van der Waals surface area contributed by atoms with Crippen molar-refractivity contribution in [2.45, 2.75) is 13.2 Å². The van der Waals surface area contributed by atoms with E-state index in [0.29, 0.717) is 30.0 Å². The van der Waals surface area contributed by atoms with Crippen molar-refractivity contribution in [2.24, 2.45) is 0 Å². The van der Waals surface area contributed by atoms with Gasteiger partial charge in [-0.05, 0) is 71.8 Å². The third-order valence-corrected chi connectivity index (χ3v) is 5.65. The molecule has 1 amide bonds. The van der Waals surface area contributed by atoms with E-state index in [0.717, 1.165) is 22.3 Å². The van der Waals surface area contributed by atoms with Crippen molar-refractivity contribution in [2.75, 3.05) is 0 Å². The fourth-order valence-electron chi connectivity index (χ4n) is 3.73. The summed E-state index contributed by atoms with van der Waals surface area (Å²) >= 11 is 0. The third kappa shape index (κ3) is 5.05. The molecule has 3 aromatic carbocycles. The first-order valence-electron chi connectivity index (χ1n) is 11.2. The standard InChI is InChI=1S/C27H21N5O4/c33-27(29-16-20-2-1-13-28-15-20)21-5-12-26-25(14-21)30-18-31(26)22-8-10-24(11-9-22)36-17-19-3-6-23(7-4-19)32(34)35/h1-15,18H,16-17H2,(H,29,33). The van der Waals surface area contributed by atoms with E-state index in [-0.39, 0.29) is 11.6 Å². The highest BCUT2D eigenvalue weighted by Gasteiger charge is 2.11. The van der Waals surface area contributed by atoms with Crippen LogP contribution < -0.4 is 10.1 Å². The van der Waals surface area contributed by atoms with E-state index in [1.54, 1.807) is 43.0 Å². The number of carbonyl (C=O) groups is 1. The average molecular weight is 479 g/mol. The van der Waals surface area contributed by atoms with Crippen LogP contribution in [0, 0.1) is 10.1 Å². The van der Waals surface area contributed by atoms with Crippen LogP contribution in [0.1, 0.15) is 21.5 Å². The van der Waals surface area contributed by atoms with Gasteiger partial charge in [0.05, 0.1) is 16.0 Å². The molecule has 0 saturated heterocycles. The molecule has 0 saturated carbocycles. The van der Waals surface area contributed by atoms with Gasteiger partial charge < -0.3 is 10.1 Å². The van der Waals surface area contributed by atoms with Crippen LogP contribution in [0.25, 0.3) is 16.7 Å². The first-order chi connectivity index (χ1) is 17.6. The number of nitrogens with zero attached hydrogens (tertiary/aromatic N) is 4. The predicted molar refractivity (Wildman–Crippen MR) is 134 cm³/mol. The second-order valence-corrected chi connectivity index (χ2v) is 8.07. The molecule has 0 aliphatic carbocycles. The number of fused-ring (bicyclic) bond motifs is 1. The van der Waals surface area contributed by atoms with Gasteiger partial charge in [-0.3, -0.25) is 24.5 Å². The topological polar surface area (TPSA) is 112 Å². The van der Waals surface area contributed by atoms with Crippen molar-refractivity contribution in [3.8, 4) is 11.4 Å². The summed E-state index contributed by atoms with van der Waals surface area (Å²) < 4.78 is 7.74. The van der Waals surface area contributed by atoms with Crippen LogP contribution in [0.5, 0.6) is 5.75 Å². The molecule has 0 aliphatic heterocycles. The molecule has 36 heavy (non-hydrogen) atoms. The van der Waals surface area contributed by atoms with Gasteiger partial charge in [0.2, 0.25) is 0 Å². The van der Waals surface area contributed by atoms with Gasteiger partial charge in [-0.15, -0.1) is 0 Å². The van der Waals surface area contributed by atoms with Crippen LogP contribution in [0.15, 0.2) is 97.6 Å². The highest BCUT2D eigenvalue weighted by atomic mass is 16.6. The molecule has 5 rings (SSSR count). The number of aromatic nitrogens is 3. The molecule has 2 heterocycles. The smallest absolute Gasteiger partial charge is 0.269 e. The van der Waals surface area contributed by atoms with Crippen LogP contribution in [-0.2, 0) is 13.2 Å². The fourth-order valence-corrected chi connectivity index (χ4v) is 3.73. The van der Waals surface area contributed by atoms with Crippen LogP contribution in [0.2, 0.25) is 0 Å². The van der Waals surface area contributed by atoms with Gasteiger partial charge in [-0.1, -0.05) is 6.07 Å². The number of benzene rings is 3. The Kier molecular flexibility index (Phi) is 6.35. The van der Waals surface area contributed by atoms with E-state index >= 15 is 0 Å². The zero-order chi connectivity index (χ0) is 24.9. The Hall–Kier alpha value is -5.05. The first kappa shape index (κ1) is 22.7.